The van der Waals surface area contributed by atoms with Gasteiger partial charge in [0, 0.05) is 30.7 Å². The number of hydrogen-bond acceptors (Lipinski definition) is 8. The molecule has 43 heavy (non-hydrogen) atoms. The van der Waals surface area contributed by atoms with Crippen LogP contribution in [0.25, 0.3) is 5.57 Å². The predicted octanol–water partition coefficient (Wildman–Crippen LogP) is 4.62. The Morgan fingerprint density at radius 1 is 1.14 bits per heavy atom. The number of carboxylic acids is 1. The van der Waals surface area contributed by atoms with Crippen LogP contribution >= 0.6 is 22.9 Å². The number of piperazine rings is 1. The van der Waals surface area contributed by atoms with E-state index in [0.717, 1.165) is 53.9 Å². The number of sulfonamides is 1. The zero-order valence-electron chi connectivity index (χ0n) is 23.7. The standard InChI is InChI=1S/C30H35ClN4O6S2/c31-22-8-6-21(7-9-22)26-16-24(29(42-26)30(37)38)35-25(20-4-2-1-3-5-20)18-34(19-28(35)36)43(39,40)23-10-11-27(32-17-23)33-12-14-41-15-13-33/h6-8,10-11,16-17,20,22,25H,1-5,9,12-15,18-19H2,(H,37,38)/t22?,25-/m0/s1. The molecule has 1 unspecified atom stereocenters. The third kappa shape index (κ3) is 6.26. The van der Waals surface area contributed by atoms with E-state index in [1.165, 1.54) is 10.5 Å². The summed E-state index contributed by atoms with van der Waals surface area (Å²) in [5, 5.41) is 10.1. The number of aromatic nitrogens is 1. The number of morpholine rings is 1. The lowest BCUT2D eigenvalue weighted by atomic mass is 9.82. The summed E-state index contributed by atoms with van der Waals surface area (Å²) in [6, 6.07) is 4.53. The Hall–Kier alpha value is -2.77. The number of pyridine rings is 1. The van der Waals surface area contributed by atoms with E-state index in [9.17, 15) is 23.1 Å². The van der Waals surface area contributed by atoms with Crippen LogP contribution in [0.1, 0.15) is 53.1 Å². The zero-order chi connectivity index (χ0) is 30.1. The molecule has 1 N–H and O–H groups in total. The second-order valence-corrected chi connectivity index (χ2v) is 14.9. The number of halogens is 1. The second-order valence-electron chi connectivity index (χ2n) is 11.4. The van der Waals surface area contributed by atoms with E-state index in [-0.39, 0.29) is 34.2 Å². The van der Waals surface area contributed by atoms with Crippen LogP contribution < -0.4 is 9.80 Å². The van der Waals surface area contributed by atoms with Crippen molar-refractivity contribution in [2.75, 3.05) is 49.2 Å². The van der Waals surface area contributed by atoms with Gasteiger partial charge in [-0.3, -0.25) is 4.79 Å². The second kappa shape index (κ2) is 12.7. The highest BCUT2D eigenvalue weighted by atomic mass is 35.5. The summed E-state index contributed by atoms with van der Waals surface area (Å²) in [4.78, 5) is 35.3. The Kier molecular flexibility index (Phi) is 8.93. The van der Waals surface area contributed by atoms with Gasteiger partial charge in [0.15, 0.2) is 0 Å². The van der Waals surface area contributed by atoms with Crippen LogP contribution in [0.5, 0.6) is 0 Å². The summed E-state index contributed by atoms with van der Waals surface area (Å²) in [5.41, 5.74) is 1.20. The average Bonchev–Trinajstić information content (AvgIpc) is 3.47. The first kappa shape index (κ1) is 30.3. The highest BCUT2D eigenvalue weighted by molar-refractivity contribution is 7.89. The molecule has 0 aromatic carbocycles. The number of nitrogens with zero attached hydrogens (tertiary/aromatic N) is 4. The third-order valence-electron chi connectivity index (χ3n) is 8.69. The summed E-state index contributed by atoms with van der Waals surface area (Å²) in [7, 11) is -4.03. The van der Waals surface area contributed by atoms with Gasteiger partial charge >= 0.3 is 5.97 Å². The molecule has 4 aliphatic rings. The van der Waals surface area contributed by atoms with Gasteiger partial charge in [-0.15, -0.1) is 22.9 Å². The minimum absolute atomic E-state index is 0.0332. The fourth-order valence-corrected chi connectivity index (χ4v) is 8.95. The van der Waals surface area contributed by atoms with Crippen molar-refractivity contribution < 1.29 is 27.9 Å². The van der Waals surface area contributed by atoms with Crippen LogP contribution in [0.2, 0.25) is 0 Å². The average molecular weight is 647 g/mol. The first-order chi connectivity index (χ1) is 20.7. The Balaban J connectivity index is 1.31. The van der Waals surface area contributed by atoms with Crippen molar-refractivity contribution in [3.8, 4) is 0 Å². The van der Waals surface area contributed by atoms with Crippen molar-refractivity contribution in [1.29, 1.82) is 0 Å². The van der Waals surface area contributed by atoms with E-state index >= 15 is 0 Å². The smallest absolute Gasteiger partial charge is 0.348 e. The van der Waals surface area contributed by atoms with Gasteiger partial charge in [0.25, 0.3) is 0 Å². The maximum absolute atomic E-state index is 14.0. The van der Waals surface area contributed by atoms with E-state index in [4.69, 9.17) is 16.3 Å². The lowest BCUT2D eigenvalue weighted by Gasteiger charge is -2.44. The summed E-state index contributed by atoms with van der Waals surface area (Å²) in [6.07, 6.45) is 12.5. The highest BCUT2D eigenvalue weighted by Crippen LogP contribution is 2.41. The lowest BCUT2D eigenvalue weighted by Crippen LogP contribution is -2.60. The molecule has 0 radical (unpaired) electrons. The number of thiophene rings is 1. The molecule has 1 amide bonds. The Labute approximate surface area is 260 Å². The van der Waals surface area contributed by atoms with E-state index in [2.05, 4.69) is 4.98 Å². The van der Waals surface area contributed by atoms with Gasteiger partial charge in [-0.25, -0.2) is 18.2 Å². The van der Waals surface area contributed by atoms with Crippen LogP contribution in [0.15, 0.2) is 47.5 Å². The maximum Gasteiger partial charge on any atom is 0.348 e. The Bertz CT molecular complexity index is 1530. The molecule has 2 saturated heterocycles. The topological polar surface area (TPSA) is 120 Å². The van der Waals surface area contributed by atoms with E-state index in [1.54, 1.807) is 23.1 Å². The predicted molar refractivity (Wildman–Crippen MR) is 167 cm³/mol. The van der Waals surface area contributed by atoms with Crippen LogP contribution in [-0.4, -0.2) is 85.5 Å². The van der Waals surface area contributed by atoms with Gasteiger partial charge in [-0.1, -0.05) is 37.5 Å². The molecule has 0 spiro atoms. The molecule has 1 saturated carbocycles. The van der Waals surface area contributed by atoms with Gasteiger partial charge in [0.2, 0.25) is 15.9 Å². The zero-order valence-corrected chi connectivity index (χ0v) is 26.1. The van der Waals surface area contributed by atoms with Crippen molar-refractivity contribution in [2.45, 2.75) is 54.8 Å². The first-order valence-electron chi connectivity index (χ1n) is 14.7. The number of rotatable bonds is 7. The number of hydrogen-bond donors (Lipinski definition) is 1. The molecule has 2 aromatic heterocycles. The number of alkyl halides is 1. The van der Waals surface area contributed by atoms with Crippen molar-refractivity contribution in [3.63, 3.8) is 0 Å². The SMILES string of the molecule is O=C(O)c1sc(C2=CCC(Cl)C=C2)cc1N1C(=O)CN(S(=O)(=O)c2ccc(N3CCOCC3)nc2)C[C@H]1C1CCCCC1. The lowest BCUT2D eigenvalue weighted by molar-refractivity contribution is -0.121. The molecule has 6 rings (SSSR count). The van der Waals surface area contributed by atoms with E-state index in [1.807, 2.05) is 23.1 Å². The molecular weight excluding hydrogens is 612 g/mol. The molecule has 2 aliphatic heterocycles. The Morgan fingerprint density at radius 2 is 1.91 bits per heavy atom. The fourth-order valence-electron chi connectivity index (χ4n) is 6.43. The van der Waals surface area contributed by atoms with E-state index in [0.29, 0.717) is 44.2 Å². The molecular formula is C30H35ClN4O6S2. The summed E-state index contributed by atoms with van der Waals surface area (Å²) < 4.78 is 34.4. The van der Waals surface area contributed by atoms with Crippen molar-refractivity contribution in [1.82, 2.24) is 9.29 Å². The summed E-state index contributed by atoms with van der Waals surface area (Å²) in [6.45, 7) is 2.26. The molecule has 2 aromatic rings. The maximum atomic E-state index is 14.0. The van der Waals surface area contributed by atoms with Gasteiger partial charge < -0.3 is 19.6 Å². The molecule has 10 nitrogen and oxygen atoms in total. The minimum Gasteiger partial charge on any atom is -0.477 e. The number of aromatic carboxylic acids is 1. The van der Waals surface area contributed by atoms with Crippen LogP contribution in [-0.2, 0) is 19.6 Å². The normalized spacial score (nSPS) is 24.3. The van der Waals surface area contributed by atoms with Crippen LogP contribution in [0.3, 0.4) is 0 Å². The number of ether oxygens (including phenoxy) is 1. The molecule has 0 bridgehead atoms. The van der Waals surface area contributed by atoms with Crippen molar-refractivity contribution >= 4 is 61.9 Å². The molecule has 230 valence electrons. The number of allylic oxidation sites excluding steroid dienone is 4. The highest BCUT2D eigenvalue weighted by Gasteiger charge is 2.44. The third-order valence-corrected chi connectivity index (χ3v) is 12.0. The van der Waals surface area contributed by atoms with Crippen molar-refractivity contribution in [3.05, 3.63) is 52.4 Å². The molecule has 3 fully saturated rings. The quantitative estimate of drug-likeness (QED) is 0.433. The minimum atomic E-state index is -4.03. The number of anilines is 2. The number of carbonyl (C=O) groups excluding carboxylic acids is 1. The molecule has 2 atom stereocenters. The summed E-state index contributed by atoms with van der Waals surface area (Å²) in [5.74, 6) is -0.807. The number of carboxylic acid groups (broad SMARTS) is 1. The largest absolute Gasteiger partial charge is 0.477 e. The fraction of sp³-hybridized carbons (Fsp3) is 0.500. The Morgan fingerprint density at radius 3 is 2.56 bits per heavy atom. The van der Waals surface area contributed by atoms with Crippen LogP contribution in [0, 0.1) is 5.92 Å². The van der Waals surface area contributed by atoms with Gasteiger partial charge in [0.05, 0.1) is 36.9 Å². The summed E-state index contributed by atoms with van der Waals surface area (Å²) >= 11 is 7.33. The molecule has 4 heterocycles. The number of amides is 1. The van der Waals surface area contributed by atoms with Crippen molar-refractivity contribution in [2.24, 2.45) is 5.92 Å². The van der Waals surface area contributed by atoms with E-state index < -0.39 is 27.9 Å². The molecule has 2 aliphatic carbocycles. The van der Waals surface area contributed by atoms with Gasteiger partial charge in [0.1, 0.15) is 15.6 Å². The molecule has 13 heteroatoms. The van der Waals surface area contributed by atoms with Gasteiger partial charge in [-0.05, 0) is 49.0 Å². The monoisotopic (exact) mass is 646 g/mol. The first-order valence-corrected chi connectivity index (χ1v) is 17.4. The van der Waals surface area contributed by atoms with Crippen LogP contribution in [0.4, 0.5) is 11.5 Å². The van der Waals surface area contributed by atoms with Gasteiger partial charge in [-0.2, -0.15) is 4.31 Å². The number of carbonyl (C=O) groups is 2.